The molecule has 0 saturated carbocycles. The Kier molecular flexibility index (Phi) is 5.20. The summed E-state index contributed by atoms with van der Waals surface area (Å²) in [4.78, 5) is 0. The minimum absolute atomic E-state index is 0.0580. The van der Waals surface area contributed by atoms with Crippen LogP contribution in [0.5, 0.6) is 5.75 Å². The summed E-state index contributed by atoms with van der Waals surface area (Å²) >= 11 is 0. The molecular weight excluding hydrogens is 265 g/mol. The molecule has 0 radical (unpaired) electrons. The second-order valence-corrected chi connectivity index (χ2v) is 5.09. The number of benzene rings is 2. The Morgan fingerprint density at radius 2 is 1.95 bits per heavy atom. The van der Waals surface area contributed by atoms with Crippen LogP contribution >= 0.6 is 0 Å². The monoisotopic (exact) mass is 287 g/mol. The smallest absolute Gasteiger partial charge is 0.142 e. The van der Waals surface area contributed by atoms with Gasteiger partial charge >= 0.3 is 0 Å². The lowest BCUT2D eigenvalue weighted by Crippen LogP contribution is -2.11. The minimum atomic E-state index is -0.207. The molecule has 0 bridgehead atoms. The van der Waals surface area contributed by atoms with Crippen molar-refractivity contribution >= 4 is 5.69 Å². The average molecular weight is 287 g/mol. The first-order valence-corrected chi connectivity index (χ1v) is 7.39. The second-order valence-electron chi connectivity index (χ2n) is 5.09. The van der Waals surface area contributed by atoms with Crippen LogP contribution in [0.1, 0.15) is 37.4 Å². The molecule has 112 valence electrons. The molecule has 21 heavy (non-hydrogen) atoms. The molecule has 1 unspecified atom stereocenters. The number of ether oxygens (including phenoxy) is 1. The first-order chi connectivity index (χ1) is 10.1. The predicted molar refractivity (Wildman–Crippen MR) is 85.4 cm³/mol. The molecule has 2 aromatic carbocycles. The van der Waals surface area contributed by atoms with Crippen molar-refractivity contribution in [3.63, 3.8) is 0 Å². The third-order valence-electron chi connectivity index (χ3n) is 3.43. The van der Waals surface area contributed by atoms with E-state index in [9.17, 15) is 4.39 Å². The number of anilines is 1. The molecule has 0 heterocycles. The highest BCUT2D eigenvalue weighted by Gasteiger charge is 2.12. The van der Waals surface area contributed by atoms with Crippen LogP contribution in [0.15, 0.2) is 42.5 Å². The standard InChI is InChI=1S/C18H22FNO/c1-4-16(14-7-6-8-15(19)12-14)20-17-10-9-13(3)11-18(17)21-5-2/h6-12,16,20H,4-5H2,1-3H3. The molecule has 0 saturated heterocycles. The van der Waals surface area contributed by atoms with Crippen molar-refractivity contribution in [3.8, 4) is 5.75 Å². The van der Waals surface area contributed by atoms with Crippen LogP contribution < -0.4 is 10.1 Å². The summed E-state index contributed by atoms with van der Waals surface area (Å²) in [7, 11) is 0. The fourth-order valence-electron chi connectivity index (χ4n) is 2.36. The van der Waals surface area contributed by atoms with E-state index in [0.29, 0.717) is 6.61 Å². The van der Waals surface area contributed by atoms with Gasteiger partial charge in [0.25, 0.3) is 0 Å². The highest BCUT2D eigenvalue weighted by atomic mass is 19.1. The van der Waals surface area contributed by atoms with E-state index in [2.05, 4.69) is 12.2 Å². The van der Waals surface area contributed by atoms with Gasteiger partial charge in [-0.05, 0) is 55.7 Å². The molecule has 0 aliphatic carbocycles. The number of nitrogens with one attached hydrogen (secondary N) is 1. The SMILES string of the molecule is CCOc1cc(C)ccc1NC(CC)c1cccc(F)c1. The highest BCUT2D eigenvalue weighted by Crippen LogP contribution is 2.31. The summed E-state index contributed by atoms with van der Waals surface area (Å²) < 4.78 is 19.1. The Morgan fingerprint density at radius 3 is 2.62 bits per heavy atom. The molecule has 1 N–H and O–H groups in total. The summed E-state index contributed by atoms with van der Waals surface area (Å²) in [5.41, 5.74) is 3.04. The van der Waals surface area contributed by atoms with Crippen LogP contribution in [0.25, 0.3) is 0 Å². The molecule has 0 aromatic heterocycles. The number of aryl methyl sites for hydroxylation is 1. The van der Waals surface area contributed by atoms with Gasteiger partial charge in [0.2, 0.25) is 0 Å². The van der Waals surface area contributed by atoms with Crippen molar-refractivity contribution in [2.24, 2.45) is 0 Å². The fourth-order valence-corrected chi connectivity index (χ4v) is 2.36. The Labute approximate surface area is 126 Å². The van der Waals surface area contributed by atoms with Crippen molar-refractivity contribution in [2.75, 3.05) is 11.9 Å². The molecular formula is C18H22FNO. The lowest BCUT2D eigenvalue weighted by molar-refractivity contribution is 0.341. The first kappa shape index (κ1) is 15.4. The molecule has 0 aliphatic rings. The van der Waals surface area contributed by atoms with Gasteiger partial charge in [0.15, 0.2) is 0 Å². The van der Waals surface area contributed by atoms with E-state index in [1.807, 2.05) is 38.1 Å². The Bertz CT molecular complexity index is 598. The molecule has 3 heteroatoms. The van der Waals surface area contributed by atoms with E-state index >= 15 is 0 Å². The molecule has 0 aliphatic heterocycles. The van der Waals surface area contributed by atoms with Crippen molar-refractivity contribution in [3.05, 3.63) is 59.4 Å². The Morgan fingerprint density at radius 1 is 1.14 bits per heavy atom. The summed E-state index contributed by atoms with van der Waals surface area (Å²) in [6.07, 6.45) is 0.864. The van der Waals surface area contributed by atoms with Gasteiger partial charge in [-0.15, -0.1) is 0 Å². The summed E-state index contributed by atoms with van der Waals surface area (Å²) in [6.45, 7) is 6.71. The molecule has 2 nitrogen and oxygen atoms in total. The van der Waals surface area contributed by atoms with Crippen molar-refractivity contribution in [1.82, 2.24) is 0 Å². The van der Waals surface area contributed by atoms with E-state index in [-0.39, 0.29) is 11.9 Å². The van der Waals surface area contributed by atoms with Crippen LogP contribution in [0, 0.1) is 12.7 Å². The molecule has 1 atom stereocenters. The van der Waals surface area contributed by atoms with Crippen molar-refractivity contribution < 1.29 is 9.13 Å². The molecule has 2 aromatic rings. The van der Waals surface area contributed by atoms with Gasteiger partial charge in [-0.3, -0.25) is 0 Å². The zero-order valence-electron chi connectivity index (χ0n) is 12.8. The zero-order chi connectivity index (χ0) is 15.2. The van der Waals surface area contributed by atoms with Crippen LogP contribution in [0.3, 0.4) is 0 Å². The van der Waals surface area contributed by atoms with E-state index in [1.165, 1.54) is 6.07 Å². The van der Waals surface area contributed by atoms with Gasteiger partial charge in [-0.2, -0.15) is 0 Å². The maximum Gasteiger partial charge on any atom is 0.142 e. The van der Waals surface area contributed by atoms with Gasteiger partial charge < -0.3 is 10.1 Å². The van der Waals surface area contributed by atoms with E-state index in [1.54, 1.807) is 12.1 Å². The normalized spacial score (nSPS) is 12.0. The minimum Gasteiger partial charge on any atom is -0.492 e. The number of rotatable bonds is 6. The van der Waals surface area contributed by atoms with E-state index in [4.69, 9.17) is 4.74 Å². The summed E-state index contributed by atoms with van der Waals surface area (Å²) in [5.74, 6) is 0.633. The lowest BCUT2D eigenvalue weighted by atomic mass is 10.0. The predicted octanol–water partition coefficient (Wildman–Crippen LogP) is 5.10. The molecule has 2 rings (SSSR count). The quantitative estimate of drug-likeness (QED) is 0.798. The third kappa shape index (κ3) is 3.97. The Hall–Kier alpha value is -2.03. The van der Waals surface area contributed by atoms with Crippen LogP contribution in [0.2, 0.25) is 0 Å². The highest BCUT2D eigenvalue weighted by molar-refractivity contribution is 5.58. The van der Waals surface area contributed by atoms with Crippen molar-refractivity contribution in [2.45, 2.75) is 33.2 Å². The summed E-state index contributed by atoms with van der Waals surface area (Å²) in [6, 6.07) is 12.9. The lowest BCUT2D eigenvalue weighted by Gasteiger charge is -2.21. The number of halogens is 1. The third-order valence-corrected chi connectivity index (χ3v) is 3.43. The Balaban J connectivity index is 2.26. The number of hydrogen-bond acceptors (Lipinski definition) is 2. The van der Waals surface area contributed by atoms with E-state index in [0.717, 1.165) is 29.0 Å². The van der Waals surface area contributed by atoms with Gasteiger partial charge in [-0.25, -0.2) is 4.39 Å². The van der Waals surface area contributed by atoms with Gasteiger partial charge in [0.05, 0.1) is 18.3 Å². The van der Waals surface area contributed by atoms with Gasteiger partial charge in [0, 0.05) is 0 Å². The van der Waals surface area contributed by atoms with Crippen LogP contribution in [0.4, 0.5) is 10.1 Å². The molecule has 0 fully saturated rings. The molecule has 0 spiro atoms. The second kappa shape index (κ2) is 7.11. The fraction of sp³-hybridized carbons (Fsp3) is 0.333. The summed E-state index contributed by atoms with van der Waals surface area (Å²) in [5, 5.41) is 3.46. The topological polar surface area (TPSA) is 21.3 Å². The largest absolute Gasteiger partial charge is 0.492 e. The van der Waals surface area contributed by atoms with Gasteiger partial charge in [-0.1, -0.05) is 25.1 Å². The van der Waals surface area contributed by atoms with Crippen molar-refractivity contribution in [1.29, 1.82) is 0 Å². The first-order valence-electron chi connectivity index (χ1n) is 7.39. The average Bonchev–Trinajstić information content (AvgIpc) is 2.47. The maximum absolute atomic E-state index is 13.4. The zero-order valence-corrected chi connectivity index (χ0v) is 12.8. The number of hydrogen-bond donors (Lipinski definition) is 1. The maximum atomic E-state index is 13.4. The van der Waals surface area contributed by atoms with E-state index < -0.39 is 0 Å². The van der Waals surface area contributed by atoms with Gasteiger partial charge in [0.1, 0.15) is 11.6 Å². The van der Waals surface area contributed by atoms with Crippen LogP contribution in [-0.2, 0) is 0 Å². The molecule has 0 amide bonds. The van der Waals surface area contributed by atoms with Crippen LogP contribution in [-0.4, -0.2) is 6.61 Å².